The third-order valence-corrected chi connectivity index (χ3v) is 1.92. The summed E-state index contributed by atoms with van der Waals surface area (Å²) in [6, 6.07) is 2.83. The monoisotopic (exact) mass is 285 g/mol. The molecule has 0 atom stereocenters. The van der Waals surface area contributed by atoms with E-state index in [0.717, 1.165) is 0 Å². The van der Waals surface area contributed by atoms with E-state index in [1.54, 1.807) is 0 Å². The first-order valence-corrected chi connectivity index (χ1v) is 5.49. The lowest BCUT2D eigenvalue weighted by atomic mass is 10.4. The molecule has 1 aromatic heterocycles. The van der Waals surface area contributed by atoms with Crippen molar-refractivity contribution in [2.45, 2.75) is 13.8 Å². The first-order valence-electron chi connectivity index (χ1n) is 5.49. The molecule has 0 aliphatic rings. The number of pyridine rings is 1. The van der Waals surface area contributed by atoms with E-state index in [0.29, 0.717) is 10.5 Å². The molecule has 20 heavy (non-hydrogen) atoms. The second-order valence-electron chi connectivity index (χ2n) is 3.43. The van der Waals surface area contributed by atoms with Gasteiger partial charge in [0, 0.05) is 32.2 Å². The highest BCUT2D eigenvalue weighted by molar-refractivity contribution is 5.71. The molecule has 0 unspecified atom stereocenters. The number of hydrogen-bond donors (Lipinski definition) is 0. The number of aromatic nitrogens is 1. The highest BCUT2D eigenvalue weighted by atomic mass is 17.0. The molecule has 1 heterocycles. The molecular weight excluding hydrogens is 270 g/mol. The van der Waals surface area contributed by atoms with Gasteiger partial charge in [0.2, 0.25) is 0 Å². The lowest BCUT2D eigenvalue weighted by molar-refractivity contribution is -0.284. The van der Waals surface area contributed by atoms with Crippen molar-refractivity contribution in [2.24, 2.45) is 0 Å². The van der Waals surface area contributed by atoms with Crippen LogP contribution in [0.2, 0.25) is 0 Å². The van der Waals surface area contributed by atoms with Crippen LogP contribution in [0.25, 0.3) is 0 Å². The van der Waals surface area contributed by atoms with Crippen molar-refractivity contribution < 1.29 is 28.9 Å². The minimum atomic E-state index is -0.470. The van der Waals surface area contributed by atoms with Crippen LogP contribution in [0.5, 0.6) is 11.6 Å². The summed E-state index contributed by atoms with van der Waals surface area (Å²) in [5, 5.41) is 1.32. The summed E-state index contributed by atoms with van der Waals surface area (Å²) in [7, 11) is 2.55. The summed E-state index contributed by atoms with van der Waals surface area (Å²) in [5.41, 5.74) is 0. The summed E-state index contributed by atoms with van der Waals surface area (Å²) >= 11 is 0. The van der Waals surface area contributed by atoms with Crippen LogP contribution < -0.4 is 9.68 Å². The van der Waals surface area contributed by atoms with Gasteiger partial charge in [0.15, 0.2) is 5.75 Å². The van der Waals surface area contributed by atoms with Gasteiger partial charge in [-0.25, -0.2) is 14.7 Å². The van der Waals surface area contributed by atoms with Crippen molar-refractivity contribution in [1.29, 1.82) is 0 Å². The molecule has 9 nitrogen and oxygen atoms in total. The van der Waals surface area contributed by atoms with E-state index in [-0.39, 0.29) is 11.6 Å². The van der Waals surface area contributed by atoms with Crippen LogP contribution in [-0.4, -0.2) is 41.5 Å². The Kier molecular flexibility index (Phi) is 5.69. The van der Waals surface area contributed by atoms with E-state index in [1.165, 1.54) is 46.4 Å². The Morgan fingerprint density at radius 1 is 1.05 bits per heavy atom. The van der Waals surface area contributed by atoms with Crippen LogP contribution in [0.3, 0.4) is 0 Å². The Balaban J connectivity index is 2.80. The van der Waals surface area contributed by atoms with Gasteiger partial charge in [-0.15, -0.1) is 0 Å². The topological polar surface area (TPSA) is 90.4 Å². The quantitative estimate of drug-likeness (QED) is 0.702. The highest BCUT2D eigenvalue weighted by Crippen LogP contribution is 2.18. The minimum Gasteiger partial charge on any atom is -0.351 e. The Hall–Kier alpha value is -2.39. The molecule has 0 saturated carbocycles. The van der Waals surface area contributed by atoms with Gasteiger partial charge in [0.1, 0.15) is 0 Å². The molecule has 0 aliphatic carbocycles. The number of carbonyl (C=O) groups is 2. The van der Waals surface area contributed by atoms with E-state index in [9.17, 15) is 9.59 Å². The molecule has 1 rings (SSSR count). The smallest absolute Gasteiger partial charge is 0.282 e. The average molecular weight is 285 g/mol. The van der Waals surface area contributed by atoms with Crippen molar-refractivity contribution in [3.8, 4) is 11.6 Å². The normalized spacial score (nSPS) is 9.80. The van der Waals surface area contributed by atoms with Gasteiger partial charge in [-0.3, -0.25) is 9.59 Å². The van der Waals surface area contributed by atoms with Gasteiger partial charge >= 0.3 is 0 Å². The zero-order valence-corrected chi connectivity index (χ0v) is 11.5. The molecule has 110 valence electrons. The number of amides is 2. The van der Waals surface area contributed by atoms with Crippen molar-refractivity contribution in [3.63, 3.8) is 0 Å². The Labute approximate surface area is 115 Å². The maximum Gasteiger partial charge on any atom is 0.282 e. The standard InChI is InChI=1S/C11H15N3O6/c1-8(15)13(17-3)19-10-5-6-12-11(7-10)20-14(18-4)9(2)16/h5-7H,1-4H3. The summed E-state index contributed by atoms with van der Waals surface area (Å²) < 4.78 is 0. The SMILES string of the molecule is CON(Oc1ccnc(ON(OC)C(C)=O)c1)C(C)=O. The van der Waals surface area contributed by atoms with Crippen molar-refractivity contribution in [1.82, 2.24) is 15.4 Å². The predicted octanol–water partition coefficient (Wildman–Crippen LogP) is 0.489. The molecule has 0 aromatic carbocycles. The summed E-state index contributed by atoms with van der Waals surface area (Å²) in [6.07, 6.45) is 1.37. The van der Waals surface area contributed by atoms with Crippen LogP contribution in [0, 0.1) is 0 Å². The number of rotatable bonds is 6. The first-order chi connectivity index (χ1) is 9.47. The Morgan fingerprint density at radius 2 is 1.60 bits per heavy atom. The zero-order valence-electron chi connectivity index (χ0n) is 11.5. The fraction of sp³-hybridized carbons (Fsp3) is 0.364. The van der Waals surface area contributed by atoms with E-state index >= 15 is 0 Å². The Morgan fingerprint density at radius 3 is 2.10 bits per heavy atom. The first kappa shape index (κ1) is 15.7. The Bertz CT molecular complexity index is 442. The molecule has 0 fully saturated rings. The zero-order chi connectivity index (χ0) is 15.1. The fourth-order valence-electron chi connectivity index (χ4n) is 1.14. The van der Waals surface area contributed by atoms with E-state index in [1.807, 2.05) is 0 Å². The van der Waals surface area contributed by atoms with Gasteiger partial charge in [0.05, 0.1) is 14.2 Å². The van der Waals surface area contributed by atoms with Gasteiger partial charge in [-0.2, -0.15) is 0 Å². The number of hydroxylamine groups is 4. The number of hydrogen-bond acceptors (Lipinski definition) is 7. The van der Waals surface area contributed by atoms with Gasteiger partial charge < -0.3 is 9.68 Å². The second kappa shape index (κ2) is 7.26. The third kappa shape index (κ3) is 4.37. The fourth-order valence-corrected chi connectivity index (χ4v) is 1.14. The van der Waals surface area contributed by atoms with Crippen LogP contribution in [0.15, 0.2) is 18.3 Å². The van der Waals surface area contributed by atoms with Gasteiger partial charge in [0.25, 0.3) is 17.7 Å². The lowest BCUT2D eigenvalue weighted by Gasteiger charge is -2.18. The maximum atomic E-state index is 11.1. The summed E-state index contributed by atoms with van der Waals surface area (Å²) in [5.74, 6) is -0.650. The predicted molar refractivity (Wildman–Crippen MR) is 64.6 cm³/mol. The van der Waals surface area contributed by atoms with Crippen LogP contribution in [-0.2, 0) is 19.3 Å². The number of carbonyl (C=O) groups excluding carboxylic acids is 2. The molecule has 2 amide bonds. The van der Waals surface area contributed by atoms with Crippen LogP contribution in [0.1, 0.15) is 13.8 Å². The molecule has 0 N–H and O–H groups in total. The molecule has 0 bridgehead atoms. The molecular formula is C11H15N3O6. The number of nitrogens with zero attached hydrogens (tertiary/aromatic N) is 3. The van der Waals surface area contributed by atoms with Crippen molar-refractivity contribution in [2.75, 3.05) is 14.2 Å². The van der Waals surface area contributed by atoms with Crippen LogP contribution >= 0.6 is 0 Å². The molecule has 9 heteroatoms. The van der Waals surface area contributed by atoms with Crippen molar-refractivity contribution in [3.05, 3.63) is 18.3 Å². The molecule has 1 aromatic rings. The summed E-state index contributed by atoms with van der Waals surface area (Å²) in [4.78, 5) is 45.7. The van der Waals surface area contributed by atoms with Gasteiger partial charge in [-0.05, 0) is 10.5 Å². The molecule has 0 radical (unpaired) electrons. The highest BCUT2D eigenvalue weighted by Gasteiger charge is 2.14. The molecule has 0 aliphatic heterocycles. The van der Waals surface area contributed by atoms with E-state index < -0.39 is 11.8 Å². The van der Waals surface area contributed by atoms with Crippen molar-refractivity contribution >= 4 is 11.8 Å². The summed E-state index contributed by atoms with van der Waals surface area (Å²) in [6.45, 7) is 2.52. The van der Waals surface area contributed by atoms with E-state index in [2.05, 4.69) is 9.82 Å². The molecule has 0 spiro atoms. The van der Waals surface area contributed by atoms with Gasteiger partial charge in [-0.1, -0.05) is 0 Å². The largest absolute Gasteiger partial charge is 0.351 e. The van der Waals surface area contributed by atoms with Crippen LogP contribution in [0.4, 0.5) is 0 Å². The third-order valence-electron chi connectivity index (χ3n) is 1.92. The maximum absolute atomic E-state index is 11.1. The molecule has 0 saturated heterocycles. The minimum absolute atomic E-state index is 0.0409. The average Bonchev–Trinajstić information content (AvgIpc) is 2.41. The van der Waals surface area contributed by atoms with E-state index in [4.69, 9.17) is 14.5 Å². The second-order valence-corrected chi connectivity index (χ2v) is 3.43. The lowest BCUT2D eigenvalue weighted by Crippen LogP contribution is -2.32.